The molecule has 2 rings (SSSR count). The van der Waals surface area contributed by atoms with Gasteiger partial charge in [0.25, 0.3) is 0 Å². The molecule has 0 saturated heterocycles. The van der Waals surface area contributed by atoms with Crippen molar-refractivity contribution in [3.8, 4) is 0 Å². The number of carbonyl (C=O) groups is 2. The topological polar surface area (TPSA) is 92.4 Å². The van der Waals surface area contributed by atoms with E-state index in [1.54, 1.807) is 24.3 Å². The highest BCUT2D eigenvalue weighted by Gasteiger charge is 2.13. The first-order chi connectivity index (χ1) is 9.95. The molecule has 0 unspecified atom stereocenters. The highest BCUT2D eigenvalue weighted by Crippen LogP contribution is 2.18. The van der Waals surface area contributed by atoms with E-state index in [1.165, 1.54) is 0 Å². The summed E-state index contributed by atoms with van der Waals surface area (Å²) >= 11 is 0. The molecular formula is C15H13FN2O3. The van der Waals surface area contributed by atoms with Crippen LogP contribution < -0.4 is 11.1 Å². The molecule has 0 aliphatic heterocycles. The van der Waals surface area contributed by atoms with Crippen molar-refractivity contribution < 1.29 is 19.1 Å². The van der Waals surface area contributed by atoms with Crippen LogP contribution in [0.25, 0.3) is 0 Å². The summed E-state index contributed by atoms with van der Waals surface area (Å²) < 4.78 is 13.2. The number of nitrogens with one attached hydrogen (secondary N) is 1. The van der Waals surface area contributed by atoms with Gasteiger partial charge in [0.1, 0.15) is 5.82 Å². The standard InChI is InChI=1S/C15H13FN2O3/c16-10-3-6-12(15(20)21)13(8-10)18-14(19)7-9-1-4-11(17)5-2-9/h1-6,8H,7,17H2,(H,18,19)(H,20,21). The third-order valence-corrected chi connectivity index (χ3v) is 2.83. The van der Waals surface area contributed by atoms with Gasteiger partial charge in [0.05, 0.1) is 17.7 Å². The monoisotopic (exact) mass is 288 g/mol. The van der Waals surface area contributed by atoms with Crippen molar-refractivity contribution in [1.29, 1.82) is 0 Å². The maximum Gasteiger partial charge on any atom is 0.337 e. The van der Waals surface area contributed by atoms with Gasteiger partial charge >= 0.3 is 5.97 Å². The van der Waals surface area contributed by atoms with Gasteiger partial charge < -0.3 is 16.2 Å². The number of nitrogens with two attached hydrogens (primary N) is 1. The van der Waals surface area contributed by atoms with Crippen molar-refractivity contribution in [2.24, 2.45) is 0 Å². The van der Waals surface area contributed by atoms with Crippen LogP contribution in [0, 0.1) is 5.82 Å². The molecule has 5 nitrogen and oxygen atoms in total. The zero-order valence-corrected chi connectivity index (χ0v) is 11.0. The minimum Gasteiger partial charge on any atom is -0.478 e. The first kappa shape index (κ1) is 14.5. The van der Waals surface area contributed by atoms with Crippen molar-refractivity contribution in [2.45, 2.75) is 6.42 Å². The number of carbonyl (C=O) groups excluding carboxylic acids is 1. The molecule has 0 radical (unpaired) electrons. The third kappa shape index (κ3) is 3.79. The van der Waals surface area contributed by atoms with Gasteiger partial charge in [-0.15, -0.1) is 0 Å². The molecule has 0 spiro atoms. The van der Waals surface area contributed by atoms with E-state index in [0.29, 0.717) is 5.69 Å². The van der Waals surface area contributed by atoms with E-state index in [9.17, 15) is 14.0 Å². The molecule has 21 heavy (non-hydrogen) atoms. The summed E-state index contributed by atoms with van der Waals surface area (Å²) in [7, 11) is 0. The highest BCUT2D eigenvalue weighted by molar-refractivity contribution is 6.01. The number of amides is 1. The van der Waals surface area contributed by atoms with Gasteiger partial charge in [-0.05, 0) is 35.9 Å². The Morgan fingerprint density at radius 2 is 1.81 bits per heavy atom. The van der Waals surface area contributed by atoms with Crippen LogP contribution in [0.2, 0.25) is 0 Å². The van der Waals surface area contributed by atoms with Gasteiger partial charge in [0.2, 0.25) is 5.91 Å². The molecule has 0 aromatic heterocycles. The normalized spacial score (nSPS) is 10.1. The summed E-state index contributed by atoms with van der Waals surface area (Å²) in [5, 5.41) is 11.4. The van der Waals surface area contributed by atoms with E-state index in [4.69, 9.17) is 10.8 Å². The lowest BCUT2D eigenvalue weighted by Crippen LogP contribution is -2.17. The molecule has 0 atom stereocenters. The van der Waals surface area contributed by atoms with Crippen molar-refractivity contribution in [2.75, 3.05) is 11.1 Å². The number of carboxylic acid groups (broad SMARTS) is 1. The fraction of sp³-hybridized carbons (Fsp3) is 0.0667. The highest BCUT2D eigenvalue weighted by atomic mass is 19.1. The van der Waals surface area contributed by atoms with Gasteiger partial charge in [-0.2, -0.15) is 0 Å². The average Bonchev–Trinajstić information content (AvgIpc) is 2.41. The van der Waals surface area contributed by atoms with Crippen LogP contribution in [-0.4, -0.2) is 17.0 Å². The van der Waals surface area contributed by atoms with Gasteiger partial charge in [0.15, 0.2) is 0 Å². The molecule has 1 amide bonds. The second-order valence-electron chi connectivity index (χ2n) is 4.46. The summed E-state index contributed by atoms with van der Waals surface area (Å²) in [6.07, 6.45) is 0.0376. The van der Waals surface area contributed by atoms with Crippen LogP contribution in [0.3, 0.4) is 0 Å². The van der Waals surface area contributed by atoms with Crippen LogP contribution in [-0.2, 0) is 11.2 Å². The number of halogens is 1. The second-order valence-corrected chi connectivity index (χ2v) is 4.46. The van der Waals surface area contributed by atoms with Crippen molar-refractivity contribution >= 4 is 23.3 Å². The smallest absolute Gasteiger partial charge is 0.337 e. The fourth-order valence-corrected chi connectivity index (χ4v) is 1.82. The van der Waals surface area contributed by atoms with Gasteiger partial charge in [-0.3, -0.25) is 4.79 Å². The molecule has 0 fully saturated rings. The zero-order chi connectivity index (χ0) is 15.4. The fourth-order valence-electron chi connectivity index (χ4n) is 1.82. The molecule has 108 valence electrons. The Bertz CT molecular complexity index is 684. The zero-order valence-electron chi connectivity index (χ0n) is 11.0. The predicted molar refractivity (Wildman–Crippen MR) is 76.5 cm³/mol. The van der Waals surface area contributed by atoms with E-state index in [0.717, 1.165) is 23.8 Å². The lowest BCUT2D eigenvalue weighted by molar-refractivity contribution is -0.115. The van der Waals surface area contributed by atoms with Crippen LogP contribution in [0.4, 0.5) is 15.8 Å². The minimum atomic E-state index is -1.24. The Morgan fingerprint density at radius 1 is 1.14 bits per heavy atom. The predicted octanol–water partition coefficient (Wildman–Crippen LogP) is 2.29. The van der Waals surface area contributed by atoms with Crippen LogP contribution in [0.5, 0.6) is 0 Å². The largest absolute Gasteiger partial charge is 0.478 e. The Labute approximate surface area is 120 Å². The number of aromatic carboxylic acids is 1. The van der Waals surface area contributed by atoms with Gasteiger partial charge in [-0.1, -0.05) is 12.1 Å². The van der Waals surface area contributed by atoms with Crippen LogP contribution >= 0.6 is 0 Å². The third-order valence-electron chi connectivity index (χ3n) is 2.83. The van der Waals surface area contributed by atoms with Gasteiger partial charge in [-0.25, -0.2) is 9.18 Å². The van der Waals surface area contributed by atoms with Crippen molar-refractivity contribution in [3.05, 3.63) is 59.4 Å². The minimum absolute atomic E-state index is 0.0376. The molecular weight excluding hydrogens is 275 g/mol. The number of hydrogen-bond acceptors (Lipinski definition) is 3. The summed E-state index contributed by atoms with van der Waals surface area (Å²) in [4.78, 5) is 22.9. The number of benzene rings is 2. The average molecular weight is 288 g/mol. The second kappa shape index (κ2) is 6.04. The summed E-state index contributed by atoms with van der Waals surface area (Å²) in [6, 6.07) is 9.82. The quantitative estimate of drug-likeness (QED) is 0.752. The van der Waals surface area contributed by atoms with Crippen LogP contribution in [0.15, 0.2) is 42.5 Å². The molecule has 0 aliphatic rings. The molecule has 0 bridgehead atoms. The Morgan fingerprint density at radius 3 is 2.43 bits per heavy atom. The van der Waals surface area contributed by atoms with Crippen LogP contribution in [0.1, 0.15) is 15.9 Å². The van der Waals surface area contributed by atoms with Crippen molar-refractivity contribution in [3.63, 3.8) is 0 Å². The summed E-state index contributed by atoms with van der Waals surface area (Å²) in [5.41, 5.74) is 6.61. The lowest BCUT2D eigenvalue weighted by atomic mass is 10.1. The molecule has 0 heterocycles. The maximum atomic E-state index is 13.2. The van der Waals surface area contributed by atoms with Gasteiger partial charge in [0, 0.05) is 5.69 Å². The van der Waals surface area contributed by atoms with E-state index in [2.05, 4.69) is 5.32 Å². The number of carboxylic acids is 1. The van der Waals surface area contributed by atoms with Crippen molar-refractivity contribution in [1.82, 2.24) is 0 Å². The summed E-state index contributed by atoms with van der Waals surface area (Å²) in [5.74, 6) is -2.30. The van der Waals surface area contributed by atoms with E-state index < -0.39 is 17.7 Å². The Hall–Kier alpha value is -2.89. The Balaban J connectivity index is 2.14. The van der Waals surface area contributed by atoms with E-state index in [1.807, 2.05) is 0 Å². The molecule has 2 aromatic carbocycles. The molecule has 2 aromatic rings. The maximum absolute atomic E-state index is 13.2. The number of anilines is 2. The number of rotatable bonds is 4. The Kier molecular flexibility index (Phi) is 4.18. The van der Waals surface area contributed by atoms with E-state index >= 15 is 0 Å². The molecule has 0 saturated carbocycles. The molecule has 6 heteroatoms. The number of hydrogen-bond donors (Lipinski definition) is 3. The lowest BCUT2D eigenvalue weighted by Gasteiger charge is -2.09. The SMILES string of the molecule is Nc1ccc(CC(=O)Nc2cc(F)ccc2C(=O)O)cc1. The molecule has 0 aliphatic carbocycles. The number of nitrogen functional groups attached to an aromatic ring is 1. The van der Waals surface area contributed by atoms with E-state index in [-0.39, 0.29) is 17.7 Å². The first-order valence-corrected chi connectivity index (χ1v) is 6.13. The first-order valence-electron chi connectivity index (χ1n) is 6.13. The molecule has 4 N–H and O–H groups in total. The summed E-state index contributed by atoms with van der Waals surface area (Å²) in [6.45, 7) is 0.